The number of carbonyl (C=O) groups is 1. The first-order valence-electron chi connectivity index (χ1n) is 13.2. The third-order valence-corrected chi connectivity index (χ3v) is 8.13. The van der Waals surface area contributed by atoms with Crippen molar-refractivity contribution < 1.29 is 14.6 Å². The van der Waals surface area contributed by atoms with E-state index in [-0.39, 0.29) is 5.91 Å². The van der Waals surface area contributed by atoms with E-state index in [9.17, 15) is 4.79 Å². The summed E-state index contributed by atoms with van der Waals surface area (Å²) in [5.41, 5.74) is 2.78. The molecule has 39 heavy (non-hydrogen) atoms. The van der Waals surface area contributed by atoms with Gasteiger partial charge in [0, 0.05) is 68.1 Å². The van der Waals surface area contributed by atoms with Gasteiger partial charge < -0.3 is 25.0 Å². The van der Waals surface area contributed by atoms with Crippen LogP contribution in [0.3, 0.4) is 0 Å². The molecule has 3 aromatic heterocycles. The number of para-hydroxylation sites is 1. The van der Waals surface area contributed by atoms with Crippen molar-refractivity contribution in [2.75, 3.05) is 69.3 Å². The zero-order valence-corrected chi connectivity index (χ0v) is 22.4. The standard InChI is InChI=1S/C28H31N7O3S/c36-19-25(37)34-10-8-33(9-11-34)18-22-16-23-26(39-22)28(35-12-14-38-15-13-35)32-27(31-23)20-6-7-24(29-17-20)30-21-4-2-1-3-5-21/h1-7,16-17,36H,8-15,18-19H2,(H,29,30). The lowest BCUT2D eigenvalue weighted by Gasteiger charge is -2.34. The summed E-state index contributed by atoms with van der Waals surface area (Å²) < 4.78 is 6.68. The lowest BCUT2D eigenvalue weighted by molar-refractivity contribution is -0.135. The Labute approximate surface area is 230 Å². The average molecular weight is 546 g/mol. The number of benzene rings is 1. The molecule has 202 valence electrons. The SMILES string of the molecule is O=C(CO)N1CCN(Cc2cc3nc(-c4ccc(Nc5ccccc5)nc4)nc(N4CCOCC4)c3s2)CC1. The fraction of sp³-hybridized carbons (Fsp3) is 0.357. The molecule has 2 fully saturated rings. The summed E-state index contributed by atoms with van der Waals surface area (Å²) in [5, 5.41) is 12.5. The molecule has 5 heterocycles. The van der Waals surface area contributed by atoms with E-state index >= 15 is 0 Å². The minimum absolute atomic E-state index is 0.201. The number of carbonyl (C=O) groups excluding carboxylic acids is 1. The molecule has 0 bridgehead atoms. The molecule has 2 saturated heterocycles. The fourth-order valence-corrected chi connectivity index (χ4v) is 6.06. The Kier molecular flexibility index (Phi) is 7.64. The molecular formula is C28H31N7O3S. The van der Waals surface area contributed by atoms with Crippen molar-refractivity contribution in [3.63, 3.8) is 0 Å². The second-order valence-electron chi connectivity index (χ2n) is 9.64. The van der Waals surface area contributed by atoms with Crippen LogP contribution in [0.25, 0.3) is 21.6 Å². The van der Waals surface area contributed by atoms with Crippen molar-refractivity contribution in [1.29, 1.82) is 0 Å². The number of fused-ring (bicyclic) bond motifs is 1. The van der Waals surface area contributed by atoms with Crippen LogP contribution < -0.4 is 10.2 Å². The van der Waals surface area contributed by atoms with Crippen LogP contribution in [0.2, 0.25) is 0 Å². The molecule has 0 aliphatic carbocycles. The molecule has 10 nitrogen and oxygen atoms in total. The van der Waals surface area contributed by atoms with E-state index in [1.165, 1.54) is 4.88 Å². The van der Waals surface area contributed by atoms with Gasteiger partial charge in [0.2, 0.25) is 5.91 Å². The van der Waals surface area contributed by atoms with Gasteiger partial charge in [-0.15, -0.1) is 11.3 Å². The Bertz CT molecular complexity index is 1420. The minimum Gasteiger partial charge on any atom is -0.387 e. The van der Waals surface area contributed by atoms with E-state index in [0.717, 1.165) is 65.8 Å². The zero-order chi connectivity index (χ0) is 26.6. The lowest BCUT2D eigenvalue weighted by atomic mass is 10.2. The molecule has 4 aromatic rings. The number of aliphatic hydroxyl groups is 1. The number of aliphatic hydroxyl groups excluding tert-OH is 1. The van der Waals surface area contributed by atoms with E-state index in [0.29, 0.717) is 32.1 Å². The number of nitrogens with zero attached hydrogens (tertiary/aromatic N) is 6. The maximum atomic E-state index is 11.8. The van der Waals surface area contributed by atoms with Crippen molar-refractivity contribution in [3.8, 4) is 11.4 Å². The van der Waals surface area contributed by atoms with Gasteiger partial charge in [0.05, 0.1) is 23.4 Å². The highest BCUT2D eigenvalue weighted by molar-refractivity contribution is 7.19. The van der Waals surface area contributed by atoms with E-state index < -0.39 is 6.61 Å². The normalized spacial score (nSPS) is 16.5. The van der Waals surface area contributed by atoms with Crippen molar-refractivity contribution in [1.82, 2.24) is 24.8 Å². The average Bonchev–Trinajstić information content (AvgIpc) is 3.40. The first kappa shape index (κ1) is 25.6. The number of amides is 1. The smallest absolute Gasteiger partial charge is 0.248 e. The number of ether oxygens (including phenoxy) is 1. The first-order chi connectivity index (χ1) is 19.2. The molecule has 1 aromatic carbocycles. The Hall–Kier alpha value is -3.64. The third kappa shape index (κ3) is 5.86. The second kappa shape index (κ2) is 11.6. The van der Waals surface area contributed by atoms with Gasteiger partial charge in [0.25, 0.3) is 0 Å². The number of morpholine rings is 1. The largest absolute Gasteiger partial charge is 0.387 e. The second-order valence-corrected chi connectivity index (χ2v) is 10.8. The summed E-state index contributed by atoms with van der Waals surface area (Å²) in [5.74, 6) is 2.16. The quantitative estimate of drug-likeness (QED) is 0.362. The molecule has 0 spiro atoms. The minimum atomic E-state index is -0.427. The van der Waals surface area contributed by atoms with Crippen molar-refractivity contribution in [2.24, 2.45) is 0 Å². The Morgan fingerprint density at radius 3 is 2.51 bits per heavy atom. The molecule has 2 N–H and O–H groups in total. The van der Waals surface area contributed by atoms with Crippen LogP contribution in [-0.4, -0.2) is 94.9 Å². The highest BCUT2D eigenvalue weighted by atomic mass is 32.1. The maximum Gasteiger partial charge on any atom is 0.248 e. The highest BCUT2D eigenvalue weighted by Crippen LogP contribution is 2.35. The van der Waals surface area contributed by atoms with Crippen LogP contribution in [0.5, 0.6) is 0 Å². The number of hydrogen-bond donors (Lipinski definition) is 2. The monoisotopic (exact) mass is 545 g/mol. The highest BCUT2D eigenvalue weighted by Gasteiger charge is 2.23. The molecule has 6 rings (SSSR count). The molecule has 11 heteroatoms. The van der Waals surface area contributed by atoms with Crippen molar-refractivity contribution in [2.45, 2.75) is 6.54 Å². The Balaban J connectivity index is 1.26. The van der Waals surface area contributed by atoms with Crippen molar-refractivity contribution in [3.05, 3.63) is 59.6 Å². The summed E-state index contributed by atoms with van der Waals surface area (Å²) in [6.07, 6.45) is 1.82. The van der Waals surface area contributed by atoms with E-state index in [1.807, 2.05) is 48.7 Å². The Morgan fingerprint density at radius 1 is 1.00 bits per heavy atom. The van der Waals surface area contributed by atoms with Crippen LogP contribution in [-0.2, 0) is 16.1 Å². The fourth-order valence-electron chi connectivity index (χ4n) is 4.91. The van der Waals surface area contributed by atoms with Gasteiger partial charge >= 0.3 is 0 Å². The van der Waals surface area contributed by atoms with Crippen LogP contribution in [0.1, 0.15) is 4.88 Å². The van der Waals surface area contributed by atoms with Gasteiger partial charge in [-0.05, 0) is 30.3 Å². The van der Waals surface area contributed by atoms with Gasteiger partial charge in [-0.3, -0.25) is 9.69 Å². The molecule has 0 radical (unpaired) electrons. The maximum absolute atomic E-state index is 11.8. The third-order valence-electron chi connectivity index (χ3n) is 7.02. The molecule has 1 amide bonds. The van der Waals surface area contributed by atoms with Gasteiger partial charge in [-0.1, -0.05) is 18.2 Å². The first-order valence-corrected chi connectivity index (χ1v) is 14.0. The number of aromatic nitrogens is 3. The predicted octanol–water partition coefficient (Wildman–Crippen LogP) is 2.97. The molecule has 0 unspecified atom stereocenters. The lowest BCUT2D eigenvalue weighted by Crippen LogP contribution is -2.49. The summed E-state index contributed by atoms with van der Waals surface area (Å²) >= 11 is 1.74. The number of nitrogens with one attached hydrogen (secondary N) is 1. The van der Waals surface area contributed by atoms with Gasteiger partial charge in [-0.25, -0.2) is 15.0 Å². The van der Waals surface area contributed by atoms with Crippen molar-refractivity contribution >= 4 is 44.8 Å². The number of pyridine rings is 1. The van der Waals surface area contributed by atoms with Gasteiger partial charge in [0.15, 0.2) is 11.6 Å². The molecule has 0 atom stereocenters. The number of piperazine rings is 1. The molecule has 0 saturated carbocycles. The van der Waals surface area contributed by atoms with E-state index in [4.69, 9.17) is 19.8 Å². The van der Waals surface area contributed by atoms with Gasteiger partial charge in [-0.2, -0.15) is 0 Å². The summed E-state index contributed by atoms with van der Waals surface area (Å²) in [7, 11) is 0. The van der Waals surface area contributed by atoms with Crippen LogP contribution in [0, 0.1) is 0 Å². The zero-order valence-electron chi connectivity index (χ0n) is 21.6. The van der Waals surface area contributed by atoms with E-state index in [1.54, 1.807) is 16.2 Å². The predicted molar refractivity (Wildman–Crippen MR) is 152 cm³/mol. The van der Waals surface area contributed by atoms with Gasteiger partial charge in [0.1, 0.15) is 12.4 Å². The van der Waals surface area contributed by atoms with Crippen LogP contribution in [0.15, 0.2) is 54.7 Å². The van der Waals surface area contributed by atoms with E-state index in [2.05, 4.69) is 26.2 Å². The molecule has 2 aliphatic rings. The molecule has 2 aliphatic heterocycles. The Morgan fingerprint density at radius 2 is 1.79 bits per heavy atom. The number of thiophene rings is 1. The summed E-state index contributed by atoms with van der Waals surface area (Å²) in [6, 6.07) is 16.1. The number of hydrogen-bond acceptors (Lipinski definition) is 10. The molecular weight excluding hydrogens is 514 g/mol. The topological polar surface area (TPSA) is 107 Å². The van der Waals surface area contributed by atoms with Crippen LogP contribution >= 0.6 is 11.3 Å². The summed E-state index contributed by atoms with van der Waals surface area (Å²) in [4.78, 5) is 34.0. The number of rotatable bonds is 7. The van der Waals surface area contributed by atoms with Crippen LogP contribution in [0.4, 0.5) is 17.3 Å². The summed E-state index contributed by atoms with van der Waals surface area (Å²) in [6.45, 7) is 6.13. The number of anilines is 3.